The highest BCUT2D eigenvalue weighted by molar-refractivity contribution is 6.75. The maximum absolute atomic E-state index is 8.19. The quantitative estimate of drug-likeness (QED) is 0.445. The molecule has 0 fully saturated rings. The predicted octanol–water partition coefficient (Wildman–Crippen LogP) is 0.395. The number of nitrogens with zero attached hydrogens (tertiary/aromatic N) is 8. The van der Waals surface area contributed by atoms with Crippen LogP contribution in [0.2, 0.25) is 0 Å². The Kier molecular flexibility index (Phi) is 4.46. The van der Waals surface area contributed by atoms with Crippen molar-refractivity contribution in [1.82, 2.24) is 0 Å². The maximum Gasteiger partial charge on any atom is 0.0866 e. The van der Waals surface area contributed by atoms with E-state index in [1.54, 1.807) is 0 Å². The summed E-state index contributed by atoms with van der Waals surface area (Å²) in [6.45, 7) is 0. The van der Waals surface area contributed by atoms with Crippen LogP contribution in [0.15, 0.2) is 18.6 Å². The van der Waals surface area contributed by atoms with Gasteiger partial charge in [0.1, 0.15) is 0 Å². The summed E-state index contributed by atoms with van der Waals surface area (Å²) in [6.07, 6.45) is 0. The first kappa shape index (κ1) is 10.7. The van der Waals surface area contributed by atoms with Crippen LogP contribution in [0.3, 0.4) is 0 Å². The van der Waals surface area contributed by atoms with Crippen LogP contribution in [0.5, 0.6) is 0 Å². The maximum atomic E-state index is 8.19. The zero-order chi connectivity index (χ0) is 10.2. The van der Waals surface area contributed by atoms with E-state index in [2.05, 4.69) is 18.6 Å². The third kappa shape index (κ3) is 3.09. The first-order chi connectivity index (χ1) is 6.24. The molecule has 0 aromatic heterocycles. The van der Waals surface area contributed by atoms with Crippen molar-refractivity contribution in [1.29, 1.82) is 0 Å². The molecule has 0 radical (unpaired) electrons. The van der Waals surface area contributed by atoms with Crippen molar-refractivity contribution in [3.63, 3.8) is 0 Å². The van der Waals surface area contributed by atoms with Gasteiger partial charge in [0.05, 0.1) is 8.72 Å². The van der Waals surface area contributed by atoms with E-state index in [4.69, 9.17) is 21.6 Å². The van der Waals surface area contributed by atoms with Gasteiger partial charge in [0.25, 0.3) is 0 Å². The van der Waals surface area contributed by atoms with Gasteiger partial charge < -0.3 is 40.3 Å². The highest BCUT2D eigenvalue weighted by atomic mass is 28.4. The second-order valence-corrected chi connectivity index (χ2v) is 3.54. The van der Waals surface area contributed by atoms with Crippen molar-refractivity contribution in [2.24, 2.45) is 18.6 Å². The Morgan fingerprint density at radius 2 is 0.846 bits per heavy atom. The average Bonchev–Trinajstić information content (AvgIpc) is 2.06. The molecule has 0 aliphatic rings. The molecule has 0 bridgehead atoms. The number of hydrogen-bond acceptors (Lipinski definition) is 4. The minimum absolute atomic E-state index is 1.32. The predicted molar refractivity (Wildman–Crippen MR) is 48.9 cm³/mol. The van der Waals surface area contributed by atoms with Crippen molar-refractivity contribution in [3.8, 4) is 0 Å². The van der Waals surface area contributed by atoms with Crippen LogP contribution >= 0.6 is 0 Å². The topological polar surface area (TPSA) is 139 Å². The second kappa shape index (κ2) is 5.40. The van der Waals surface area contributed by atoms with Gasteiger partial charge in [0.15, 0.2) is 0 Å². The molecule has 0 spiro atoms. The van der Waals surface area contributed by atoms with Crippen LogP contribution in [-0.4, -0.2) is 32.8 Å². The average molecular weight is 188 g/mol. The minimum atomic E-state index is -3.74. The molecular formula is C4N8Si-4. The Morgan fingerprint density at radius 1 is 0.615 bits per heavy atom. The van der Waals surface area contributed by atoms with E-state index >= 15 is 0 Å². The van der Waals surface area contributed by atoms with Gasteiger partial charge in [-0.1, -0.05) is 0 Å². The standard InChI is InChI=1S/C4N8Si/c5-1-9-13(10-2-6,11-3-7)12-4-8/q-4. The van der Waals surface area contributed by atoms with Gasteiger partial charge in [-0.15, -0.1) is 0 Å². The van der Waals surface area contributed by atoms with Crippen molar-refractivity contribution >= 4 is 32.8 Å². The molecule has 0 N–H and O–H groups in total. The van der Waals surface area contributed by atoms with Crippen LogP contribution in [0.25, 0.3) is 21.6 Å². The van der Waals surface area contributed by atoms with Crippen LogP contribution < -0.4 is 0 Å². The largest absolute Gasteiger partial charge is 0.442 e. The molecule has 0 saturated heterocycles. The molecule has 0 atom stereocenters. The van der Waals surface area contributed by atoms with E-state index in [9.17, 15) is 0 Å². The highest BCUT2D eigenvalue weighted by Gasteiger charge is 1.96. The van der Waals surface area contributed by atoms with Crippen molar-refractivity contribution in [2.45, 2.75) is 0 Å². The molecule has 9 heteroatoms. The Bertz CT molecular complexity index is 295. The molecule has 0 heterocycles. The van der Waals surface area contributed by atoms with Crippen molar-refractivity contribution < 1.29 is 0 Å². The fourth-order valence-corrected chi connectivity index (χ4v) is 1.25. The first-order valence-corrected chi connectivity index (χ1v) is 4.47. The lowest BCUT2D eigenvalue weighted by atomic mass is 11.6. The van der Waals surface area contributed by atoms with Gasteiger partial charge >= 0.3 is 0 Å². The van der Waals surface area contributed by atoms with Gasteiger partial charge in [0, 0.05) is 0 Å². The second-order valence-electron chi connectivity index (χ2n) is 1.45. The lowest BCUT2D eigenvalue weighted by Gasteiger charge is -2.34. The number of rotatable bonds is 4. The van der Waals surface area contributed by atoms with Gasteiger partial charge in [0.2, 0.25) is 0 Å². The SMILES string of the molecule is [N-]=C=N[Si](N=C=[N-])(N=C=[N-])N=C=[N-]. The molecule has 8 nitrogen and oxygen atoms in total. The normalized spacial score (nSPS) is 11.7. The molecule has 0 unspecified atom stereocenters. The van der Waals surface area contributed by atoms with E-state index in [-0.39, 0.29) is 0 Å². The Morgan fingerprint density at radius 3 is 1.00 bits per heavy atom. The summed E-state index contributed by atoms with van der Waals surface area (Å²) in [4.78, 5) is 0. The molecule has 0 saturated carbocycles. The van der Waals surface area contributed by atoms with Gasteiger partial charge in [-0.3, -0.25) is 0 Å². The zero-order valence-electron chi connectivity index (χ0n) is 6.08. The summed E-state index contributed by atoms with van der Waals surface area (Å²) in [7, 11) is -3.74. The number of hydrogen-bond donors (Lipinski definition) is 0. The zero-order valence-corrected chi connectivity index (χ0v) is 7.08. The van der Waals surface area contributed by atoms with Crippen LogP contribution in [0.4, 0.5) is 0 Å². The smallest absolute Gasteiger partial charge is 0.0866 e. The molecule has 0 aromatic rings. The molecule has 64 valence electrons. The van der Waals surface area contributed by atoms with Gasteiger partial charge in [-0.25, -0.2) is 0 Å². The Labute approximate surface area is 73.9 Å². The summed E-state index contributed by atoms with van der Waals surface area (Å²) in [5, 5.41) is 32.8. The van der Waals surface area contributed by atoms with E-state index in [0.717, 1.165) is 0 Å². The lowest BCUT2D eigenvalue weighted by molar-refractivity contribution is 1.37. The van der Waals surface area contributed by atoms with E-state index in [1.807, 2.05) is 0 Å². The molecule has 0 aliphatic heterocycles. The van der Waals surface area contributed by atoms with Crippen LogP contribution in [-0.2, 0) is 0 Å². The molecule has 0 amide bonds. The molecule has 0 aromatic carbocycles. The summed E-state index contributed by atoms with van der Waals surface area (Å²) >= 11 is 0. The first-order valence-electron chi connectivity index (χ1n) is 2.68. The van der Waals surface area contributed by atoms with E-state index in [1.165, 1.54) is 24.0 Å². The minimum Gasteiger partial charge on any atom is -0.442 e. The lowest BCUT2D eigenvalue weighted by Crippen LogP contribution is -2.24. The van der Waals surface area contributed by atoms with Crippen LogP contribution in [0, 0.1) is 0 Å². The molecule has 0 rings (SSSR count). The third-order valence-corrected chi connectivity index (χ3v) is 2.40. The highest BCUT2D eigenvalue weighted by Crippen LogP contribution is 2.07. The fourth-order valence-electron chi connectivity index (χ4n) is 0.418. The summed E-state index contributed by atoms with van der Waals surface area (Å²) < 4.78 is 12.4. The van der Waals surface area contributed by atoms with Gasteiger partial charge in [-0.05, 0) is 0 Å². The van der Waals surface area contributed by atoms with Crippen molar-refractivity contribution in [3.05, 3.63) is 21.6 Å². The summed E-state index contributed by atoms with van der Waals surface area (Å²) in [6, 6.07) is 5.26. The van der Waals surface area contributed by atoms with E-state index < -0.39 is 8.72 Å². The van der Waals surface area contributed by atoms with E-state index in [0.29, 0.717) is 0 Å². The molecular weight excluding hydrogens is 188 g/mol. The Hall–Kier alpha value is -2.26. The fraction of sp³-hybridized carbons (Fsp3) is 0. The molecule has 13 heavy (non-hydrogen) atoms. The Balaban J connectivity index is 5.52. The van der Waals surface area contributed by atoms with Gasteiger partial charge in [-0.2, -0.15) is 24.0 Å². The summed E-state index contributed by atoms with van der Waals surface area (Å²) in [5.74, 6) is 0. The molecule has 0 aliphatic carbocycles. The van der Waals surface area contributed by atoms with Crippen molar-refractivity contribution in [2.75, 3.05) is 0 Å². The third-order valence-electron chi connectivity index (χ3n) is 0.800. The summed E-state index contributed by atoms with van der Waals surface area (Å²) in [5.41, 5.74) is 0. The van der Waals surface area contributed by atoms with Crippen LogP contribution in [0.1, 0.15) is 0 Å². The monoisotopic (exact) mass is 188 g/mol.